The third-order valence-corrected chi connectivity index (χ3v) is 4.39. The van der Waals surface area contributed by atoms with Gasteiger partial charge in [-0.1, -0.05) is 17.7 Å². The van der Waals surface area contributed by atoms with Crippen molar-refractivity contribution in [1.82, 2.24) is 9.78 Å². The Bertz CT molecular complexity index is 563. The van der Waals surface area contributed by atoms with E-state index in [2.05, 4.69) is 49.3 Å². The van der Waals surface area contributed by atoms with E-state index in [-0.39, 0.29) is 6.04 Å². The molecule has 108 valence electrons. The molecule has 0 saturated heterocycles. The van der Waals surface area contributed by atoms with Gasteiger partial charge in [-0.05, 0) is 39.0 Å². The van der Waals surface area contributed by atoms with Crippen molar-refractivity contribution in [1.29, 1.82) is 0 Å². The van der Waals surface area contributed by atoms with Crippen LogP contribution in [0.25, 0.3) is 0 Å². The molecule has 1 aromatic heterocycles. The Balaban J connectivity index is 1.90. The van der Waals surface area contributed by atoms with Crippen molar-refractivity contribution in [3.8, 4) is 0 Å². The quantitative estimate of drug-likeness (QED) is 0.831. The van der Waals surface area contributed by atoms with Gasteiger partial charge in [-0.25, -0.2) is 0 Å². The fourth-order valence-electron chi connectivity index (χ4n) is 2.27. The summed E-state index contributed by atoms with van der Waals surface area (Å²) < 4.78 is 2.05. The first-order valence-electron chi connectivity index (χ1n) is 7.07. The van der Waals surface area contributed by atoms with Crippen LogP contribution in [0.15, 0.2) is 35.2 Å². The zero-order valence-corrected chi connectivity index (χ0v) is 13.3. The van der Waals surface area contributed by atoms with Gasteiger partial charge >= 0.3 is 0 Å². The van der Waals surface area contributed by atoms with Crippen molar-refractivity contribution in [2.45, 2.75) is 44.7 Å². The van der Waals surface area contributed by atoms with Crippen LogP contribution < -0.4 is 5.73 Å². The zero-order chi connectivity index (χ0) is 14.5. The van der Waals surface area contributed by atoms with Crippen molar-refractivity contribution in [2.75, 3.05) is 5.75 Å². The average molecular weight is 289 g/mol. The molecule has 1 aromatic carbocycles. The fraction of sp³-hybridized carbons (Fsp3) is 0.438. The number of aromatic nitrogens is 2. The summed E-state index contributed by atoms with van der Waals surface area (Å²) in [6.07, 6.45) is 0.882. The number of nitrogens with two attached hydrogens (primary N) is 1. The van der Waals surface area contributed by atoms with Crippen LogP contribution in [0.2, 0.25) is 0 Å². The summed E-state index contributed by atoms with van der Waals surface area (Å²) in [7, 11) is 0. The molecule has 0 radical (unpaired) electrons. The molecule has 2 N–H and O–H groups in total. The van der Waals surface area contributed by atoms with E-state index < -0.39 is 0 Å². The van der Waals surface area contributed by atoms with Crippen LogP contribution >= 0.6 is 11.8 Å². The standard InChI is InChI=1S/C16H23N3S/c1-4-19-15(9-13(3)18-19)10-14(17)11-20-16-7-5-6-12(2)8-16/h5-9,14H,4,10-11,17H2,1-3H3. The number of aryl methyl sites for hydroxylation is 3. The molecule has 0 spiro atoms. The second kappa shape index (κ2) is 6.95. The molecule has 3 nitrogen and oxygen atoms in total. The van der Waals surface area contributed by atoms with Crippen molar-refractivity contribution in [3.05, 3.63) is 47.3 Å². The maximum Gasteiger partial charge on any atom is 0.0596 e. The van der Waals surface area contributed by atoms with Gasteiger partial charge in [-0.3, -0.25) is 4.68 Å². The summed E-state index contributed by atoms with van der Waals surface area (Å²) in [5.41, 5.74) is 9.87. The van der Waals surface area contributed by atoms with E-state index in [1.54, 1.807) is 0 Å². The molecule has 2 aromatic rings. The van der Waals surface area contributed by atoms with Crippen molar-refractivity contribution >= 4 is 11.8 Å². The third kappa shape index (κ3) is 4.12. The van der Waals surface area contributed by atoms with Crippen LogP contribution in [0.4, 0.5) is 0 Å². The minimum atomic E-state index is 0.155. The lowest BCUT2D eigenvalue weighted by atomic mass is 10.2. The highest BCUT2D eigenvalue weighted by Gasteiger charge is 2.10. The van der Waals surface area contributed by atoms with Crippen molar-refractivity contribution in [2.24, 2.45) is 5.73 Å². The van der Waals surface area contributed by atoms with Crippen LogP contribution in [-0.4, -0.2) is 21.6 Å². The Morgan fingerprint density at radius 1 is 1.30 bits per heavy atom. The lowest BCUT2D eigenvalue weighted by Gasteiger charge is -2.12. The first-order chi connectivity index (χ1) is 9.58. The number of rotatable bonds is 6. The predicted octanol–water partition coefficient (Wildman–Crippen LogP) is 3.18. The van der Waals surface area contributed by atoms with Crippen molar-refractivity contribution < 1.29 is 0 Å². The molecule has 4 heteroatoms. The summed E-state index contributed by atoms with van der Waals surface area (Å²) in [5.74, 6) is 0.928. The first kappa shape index (κ1) is 15.1. The second-order valence-electron chi connectivity index (χ2n) is 5.18. The van der Waals surface area contributed by atoms with Gasteiger partial charge in [-0.15, -0.1) is 11.8 Å². The number of thioether (sulfide) groups is 1. The van der Waals surface area contributed by atoms with Gasteiger partial charge in [0.25, 0.3) is 0 Å². The number of hydrogen-bond donors (Lipinski definition) is 1. The molecule has 1 heterocycles. The second-order valence-corrected chi connectivity index (χ2v) is 6.28. The van der Waals surface area contributed by atoms with Gasteiger partial charge in [0.1, 0.15) is 0 Å². The van der Waals surface area contributed by atoms with E-state index >= 15 is 0 Å². The van der Waals surface area contributed by atoms with E-state index in [0.29, 0.717) is 0 Å². The van der Waals surface area contributed by atoms with Gasteiger partial charge in [0.05, 0.1) is 5.69 Å². The Labute approximate surface area is 125 Å². The Hall–Kier alpha value is -1.26. The van der Waals surface area contributed by atoms with Crippen LogP contribution in [0, 0.1) is 13.8 Å². The van der Waals surface area contributed by atoms with E-state index in [1.165, 1.54) is 16.2 Å². The summed E-state index contributed by atoms with van der Waals surface area (Å²) in [5, 5.41) is 4.47. The minimum Gasteiger partial charge on any atom is -0.327 e. The predicted molar refractivity (Wildman–Crippen MR) is 86.2 cm³/mol. The molecule has 0 amide bonds. The smallest absolute Gasteiger partial charge is 0.0596 e. The van der Waals surface area contributed by atoms with Crippen LogP contribution in [0.3, 0.4) is 0 Å². The monoisotopic (exact) mass is 289 g/mol. The average Bonchev–Trinajstić information content (AvgIpc) is 2.76. The van der Waals surface area contributed by atoms with Crippen molar-refractivity contribution in [3.63, 3.8) is 0 Å². The SMILES string of the molecule is CCn1nc(C)cc1CC(N)CSc1cccc(C)c1. The van der Waals surface area contributed by atoms with E-state index in [4.69, 9.17) is 5.73 Å². The zero-order valence-electron chi connectivity index (χ0n) is 12.5. The van der Waals surface area contributed by atoms with E-state index in [9.17, 15) is 0 Å². The largest absolute Gasteiger partial charge is 0.327 e. The first-order valence-corrected chi connectivity index (χ1v) is 8.05. The molecule has 20 heavy (non-hydrogen) atoms. The maximum absolute atomic E-state index is 6.26. The van der Waals surface area contributed by atoms with Crippen LogP contribution in [0.1, 0.15) is 23.9 Å². The molecule has 0 bridgehead atoms. The Morgan fingerprint density at radius 3 is 2.80 bits per heavy atom. The highest BCUT2D eigenvalue weighted by atomic mass is 32.2. The molecule has 2 rings (SSSR count). The molecule has 1 unspecified atom stereocenters. The number of hydrogen-bond acceptors (Lipinski definition) is 3. The maximum atomic E-state index is 6.26. The number of benzene rings is 1. The highest BCUT2D eigenvalue weighted by Crippen LogP contribution is 2.20. The van der Waals surface area contributed by atoms with Gasteiger partial charge in [0.15, 0.2) is 0 Å². The summed E-state index contributed by atoms with van der Waals surface area (Å²) in [6.45, 7) is 7.17. The molecule has 0 aliphatic carbocycles. The Morgan fingerprint density at radius 2 is 2.10 bits per heavy atom. The molecular weight excluding hydrogens is 266 g/mol. The van der Waals surface area contributed by atoms with Crippen LogP contribution in [-0.2, 0) is 13.0 Å². The lowest BCUT2D eigenvalue weighted by Crippen LogP contribution is -2.26. The van der Waals surface area contributed by atoms with Gasteiger partial charge in [-0.2, -0.15) is 5.10 Å². The number of nitrogens with zero attached hydrogens (tertiary/aromatic N) is 2. The topological polar surface area (TPSA) is 43.8 Å². The molecule has 0 saturated carbocycles. The fourth-order valence-corrected chi connectivity index (χ4v) is 3.24. The molecule has 0 aliphatic rings. The van der Waals surface area contributed by atoms with Gasteiger partial charge in [0.2, 0.25) is 0 Å². The normalized spacial score (nSPS) is 12.6. The van der Waals surface area contributed by atoms with Gasteiger partial charge in [0, 0.05) is 35.3 Å². The molecule has 0 fully saturated rings. The summed E-state index contributed by atoms with van der Waals surface area (Å²) in [6, 6.07) is 10.9. The molecular formula is C16H23N3S. The summed E-state index contributed by atoms with van der Waals surface area (Å²) in [4.78, 5) is 1.29. The third-order valence-electron chi connectivity index (χ3n) is 3.21. The van der Waals surface area contributed by atoms with Gasteiger partial charge < -0.3 is 5.73 Å². The van der Waals surface area contributed by atoms with E-state index in [1.807, 2.05) is 23.4 Å². The van der Waals surface area contributed by atoms with E-state index in [0.717, 1.165) is 24.4 Å². The highest BCUT2D eigenvalue weighted by molar-refractivity contribution is 7.99. The van der Waals surface area contributed by atoms with Crippen LogP contribution in [0.5, 0.6) is 0 Å². The molecule has 0 aliphatic heterocycles. The summed E-state index contributed by atoms with van der Waals surface area (Å²) >= 11 is 1.83. The molecule has 1 atom stereocenters. The lowest BCUT2D eigenvalue weighted by molar-refractivity contribution is 0.594. The Kier molecular flexibility index (Phi) is 5.26. The minimum absolute atomic E-state index is 0.155.